The summed E-state index contributed by atoms with van der Waals surface area (Å²) in [6.45, 7) is 1.75. The Bertz CT molecular complexity index is 1250. The van der Waals surface area contributed by atoms with Crippen molar-refractivity contribution in [3.8, 4) is 0 Å². The molecule has 0 aliphatic heterocycles. The maximum Gasteiger partial charge on any atom is 0.241 e. The van der Waals surface area contributed by atoms with Crippen LogP contribution in [0.3, 0.4) is 0 Å². The molecule has 1 amide bonds. The molecule has 0 heterocycles. The van der Waals surface area contributed by atoms with E-state index >= 15 is 0 Å². The molecule has 1 atom stereocenters. The molecular formula is C31H40N2O3S. The molecule has 37 heavy (non-hydrogen) atoms. The molecule has 198 valence electrons. The SMILES string of the molecule is C[C@@H](NC(=O)CN(c1ccc(C23CC4CC(CC(C4)C2)C3)cc1)S(C)(=O)=O)c1ccc2c(c1)CCCC2. The van der Waals surface area contributed by atoms with Crippen LogP contribution in [0, 0.1) is 17.8 Å². The summed E-state index contributed by atoms with van der Waals surface area (Å²) in [4.78, 5) is 13.0. The summed E-state index contributed by atoms with van der Waals surface area (Å²) in [5, 5.41) is 3.03. The molecule has 4 fully saturated rings. The minimum Gasteiger partial charge on any atom is -0.348 e. The second-order valence-electron chi connectivity index (χ2n) is 12.5. The Morgan fingerprint density at radius 1 is 0.946 bits per heavy atom. The molecule has 2 aromatic carbocycles. The van der Waals surface area contributed by atoms with Crippen molar-refractivity contribution in [1.82, 2.24) is 5.32 Å². The molecule has 5 aliphatic rings. The van der Waals surface area contributed by atoms with Crippen LogP contribution >= 0.6 is 0 Å². The van der Waals surface area contributed by atoms with Crippen molar-refractivity contribution in [2.45, 2.75) is 82.6 Å². The highest BCUT2D eigenvalue weighted by Crippen LogP contribution is 2.60. The van der Waals surface area contributed by atoms with E-state index < -0.39 is 10.0 Å². The predicted molar refractivity (Wildman–Crippen MR) is 148 cm³/mol. The van der Waals surface area contributed by atoms with E-state index in [0.29, 0.717) is 5.69 Å². The number of amides is 1. The lowest BCUT2D eigenvalue weighted by Crippen LogP contribution is -2.48. The van der Waals surface area contributed by atoms with Crippen molar-refractivity contribution >= 4 is 21.6 Å². The zero-order valence-electron chi connectivity index (χ0n) is 22.2. The molecule has 0 saturated heterocycles. The third kappa shape index (κ3) is 4.94. The molecule has 0 aromatic heterocycles. The molecule has 0 radical (unpaired) electrons. The van der Waals surface area contributed by atoms with E-state index in [1.54, 1.807) is 0 Å². The maximum absolute atomic E-state index is 13.0. The van der Waals surface area contributed by atoms with Crippen LogP contribution in [0.2, 0.25) is 0 Å². The zero-order valence-corrected chi connectivity index (χ0v) is 23.0. The number of anilines is 1. The van der Waals surface area contributed by atoms with Gasteiger partial charge in [-0.05, 0) is 129 Å². The van der Waals surface area contributed by atoms with Crippen molar-refractivity contribution < 1.29 is 13.2 Å². The van der Waals surface area contributed by atoms with Crippen molar-refractivity contribution in [3.63, 3.8) is 0 Å². The van der Waals surface area contributed by atoms with Crippen molar-refractivity contribution in [2.24, 2.45) is 17.8 Å². The summed E-state index contributed by atoms with van der Waals surface area (Å²) in [7, 11) is -3.61. The fraction of sp³-hybridized carbons (Fsp3) is 0.581. The first-order valence-corrected chi connectivity index (χ1v) is 16.0. The molecule has 4 saturated carbocycles. The normalized spacial score (nSPS) is 29.0. The first kappa shape index (κ1) is 25.0. The van der Waals surface area contributed by atoms with Gasteiger partial charge in [-0.3, -0.25) is 9.10 Å². The Morgan fingerprint density at radius 3 is 2.14 bits per heavy atom. The standard InChI is InChI=1S/C31H40N2O3S/c1-21(26-8-7-25-5-3-4-6-27(25)16-26)32-30(34)20-33(37(2,35)36)29-11-9-28(10-12-29)31-17-22-13-23(18-31)15-24(14-22)19-31/h7-12,16,21-24H,3-6,13-15,17-20H2,1-2H3,(H,32,34)/t21-,22?,23?,24?,31?/m1/s1. The third-order valence-corrected chi connectivity index (χ3v) is 10.9. The summed E-state index contributed by atoms with van der Waals surface area (Å²) in [5.74, 6) is 2.29. The highest BCUT2D eigenvalue weighted by molar-refractivity contribution is 7.92. The predicted octanol–water partition coefficient (Wildman–Crippen LogP) is 5.68. The van der Waals surface area contributed by atoms with Gasteiger partial charge in [-0.25, -0.2) is 8.42 Å². The molecule has 0 unspecified atom stereocenters. The fourth-order valence-electron chi connectivity index (χ4n) is 8.37. The molecule has 5 aliphatic carbocycles. The number of carbonyl (C=O) groups is 1. The van der Waals surface area contributed by atoms with Gasteiger partial charge in [0.15, 0.2) is 0 Å². The summed E-state index contributed by atoms with van der Waals surface area (Å²) < 4.78 is 26.7. The number of nitrogens with zero attached hydrogens (tertiary/aromatic N) is 1. The third-order valence-electron chi connectivity index (χ3n) is 9.74. The molecule has 2 aromatic rings. The number of sulfonamides is 1. The Labute approximate surface area is 222 Å². The maximum atomic E-state index is 13.0. The summed E-state index contributed by atoms with van der Waals surface area (Å²) in [6.07, 6.45) is 13.9. The summed E-state index contributed by atoms with van der Waals surface area (Å²) >= 11 is 0. The lowest BCUT2D eigenvalue weighted by molar-refractivity contribution is -0.120. The van der Waals surface area contributed by atoms with Crippen LogP contribution in [0.1, 0.15) is 86.6 Å². The number of rotatable bonds is 7. The second-order valence-corrected chi connectivity index (χ2v) is 14.4. The van der Waals surface area contributed by atoms with Gasteiger partial charge in [-0.2, -0.15) is 0 Å². The van der Waals surface area contributed by atoms with E-state index in [1.165, 1.54) is 78.6 Å². The van der Waals surface area contributed by atoms with Gasteiger partial charge < -0.3 is 5.32 Å². The van der Waals surface area contributed by atoms with E-state index in [0.717, 1.165) is 36.2 Å². The van der Waals surface area contributed by atoms with Crippen molar-refractivity contribution in [2.75, 3.05) is 17.1 Å². The van der Waals surface area contributed by atoms with Crippen LogP contribution in [0.15, 0.2) is 42.5 Å². The van der Waals surface area contributed by atoms with Crippen molar-refractivity contribution in [3.05, 3.63) is 64.7 Å². The van der Waals surface area contributed by atoms with Crippen LogP contribution < -0.4 is 9.62 Å². The Morgan fingerprint density at radius 2 is 1.54 bits per heavy atom. The molecule has 1 N–H and O–H groups in total. The van der Waals surface area contributed by atoms with E-state index in [4.69, 9.17) is 0 Å². The topological polar surface area (TPSA) is 66.5 Å². The molecular weight excluding hydrogens is 480 g/mol. The number of nitrogens with one attached hydrogen (secondary N) is 1. The number of hydrogen-bond acceptors (Lipinski definition) is 3. The van der Waals surface area contributed by atoms with Crippen LogP contribution in [0.5, 0.6) is 0 Å². The largest absolute Gasteiger partial charge is 0.348 e. The van der Waals surface area contributed by atoms with Gasteiger partial charge in [0.2, 0.25) is 15.9 Å². The highest BCUT2D eigenvalue weighted by Gasteiger charge is 2.51. The Balaban J connectivity index is 1.16. The first-order valence-electron chi connectivity index (χ1n) is 14.2. The van der Waals surface area contributed by atoms with Gasteiger partial charge in [0.05, 0.1) is 18.0 Å². The Hall–Kier alpha value is -2.34. The molecule has 5 nitrogen and oxygen atoms in total. The van der Waals surface area contributed by atoms with Gasteiger partial charge in [-0.15, -0.1) is 0 Å². The van der Waals surface area contributed by atoms with E-state index in [9.17, 15) is 13.2 Å². The minimum atomic E-state index is -3.61. The fourth-order valence-corrected chi connectivity index (χ4v) is 9.23. The lowest BCUT2D eigenvalue weighted by atomic mass is 9.48. The molecule has 6 heteroatoms. The van der Waals surface area contributed by atoms with Crippen LogP contribution in [-0.4, -0.2) is 27.1 Å². The zero-order chi connectivity index (χ0) is 25.8. The van der Waals surface area contributed by atoms with E-state index in [1.807, 2.05) is 19.1 Å². The molecule has 0 spiro atoms. The number of hydrogen-bond donors (Lipinski definition) is 1. The summed E-state index contributed by atoms with van der Waals surface area (Å²) in [6, 6.07) is 14.4. The summed E-state index contributed by atoms with van der Waals surface area (Å²) in [5.41, 5.74) is 6.04. The van der Waals surface area contributed by atoms with Crippen molar-refractivity contribution in [1.29, 1.82) is 0 Å². The van der Waals surface area contributed by atoms with Gasteiger partial charge >= 0.3 is 0 Å². The minimum absolute atomic E-state index is 0.181. The van der Waals surface area contributed by atoms with Gasteiger partial charge in [-0.1, -0.05) is 30.3 Å². The number of carbonyl (C=O) groups excluding carboxylic acids is 1. The van der Waals surface area contributed by atoms with Crippen LogP contribution in [0.4, 0.5) is 5.69 Å². The second kappa shape index (κ2) is 9.44. The monoisotopic (exact) mass is 520 g/mol. The first-order chi connectivity index (χ1) is 17.7. The number of aryl methyl sites for hydroxylation is 2. The average molecular weight is 521 g/mol. The van der Waals surface area contributed by atoms with Gasteiger partial charge in [0.1, 0.15) is 6.54 Å². The van der Waals surface area contributed by atoms with E-state index in [2.05, 4.69) is 35.6 Å². The van der Waals surface area contributed by atoms with Crippen LogP contribution in [0.25, 0.3) is 0 Å². The van der Waals surface area contributed by atoms with Gasteiger partial charge in [0, 0.05) is 0 Å². The van der Waals surface area contributed by atoms with Crippen LogP contribution in [-0.2, 0) is 33.1 Å². The Kier molecular flexibility index (Phi) is 6.37. The highest BCUT2D eigenvalue weighted by atomic mass is 32.2. The molecule has 4 bridgehead atoms. The number of fused-ring (bicyclic) bond motifs is 1. The molecule has 7 rings (SSSR count). The smallest absolute Gasteiger partial charge is 0.241 e. The lowest BCUT2D eigenvalue weighted by Gasteiger charge is -2.57. The quantitative estimate of drug-likeness (QED) is 0.511. The number of benzene rings is 2. The average Bonchev–Trinajstić information content (AvgIpc) is 2.85. The van der Waals surface area contributed by atoms with Gasteiger partial charge in [0.25, 0.3) is 0 Å². The van der Waals surface area contributed by atoms with E-state index in [-0.39, 0.29) is 23.9 Å².